The second-order valence-electron chi connectivity index (χ2n) is 19.2. The molecule has 3 aliphatic carbocycles. The molecule has 0 unspecified atom stereocenters. The molecule has 0 bridgehead atoms. The molecular formula is C56H53N. The molecule has 3 aliphatic rings. The van der Waals surface area contributed by atoms with Gasteiger partial charge >= 0.3 is 0 Å². The van der Waals surface area contributed by atoms with E-state index in [1.807, 2.05) is 0 Å². The Kier molecular flexibility index (Phi) is 7.79. The number of fused-ring (bicyclic) bond motifs is 7. The zero-order valence-corrected chi connectivity index (χ0v) is 34.8. The predicted molar refractivity (Wildman–Crippen MR) is 242 cm³/mol. The molecule has 282 valence electrons. The highest BCUT2D eigenvalue weighted by Crippen LogP contribution is 2.58. The van der Waals surface area contributed by atoms with Gasteiger partial charge in [0.15, 0.2) is 0 Å². The Morgan fingerprint density at radius 3 is 1.63 bits per heavy atom. The van der Waals surface area contributed by atoms with Gasteiger partial charge in [-0.2, -0.15) is 0 Å². The van der Waals surface area contributed by atoms with Crippen molar-refractivity contribution in [1.29, 1.82) is 0 Å². The van der Waals surface area contributed by atoms with Crippen LogP contribution in [0.1, 0.15) is 102 Å². The third kappa shape index (κ3) is 5.35. The molecule has 0 aliphatic heterocycles. The highest BCUT2D eigenvalue weighted by atomic mass is 15.1. The molecule has 0 radical (unpaired) electrons. The maximum absolute atomic E-state index is 2.59. The minimum absolute atomic E-state index is 0.0921. The smallest absolute Gasteiger partial charge is 0.0543 e. The lowest BCUT2D eigenvalue weighted by molar-refractivity contribution is 0.332. The lowest BCUT2D eigenvalue weighted by atomic mass is 9.63. The van der Waals surface area contributed by atoms with Gasteiger partial charge in [0, 0.05) is 27.6 Å². The van der Waals surface area contributed by atoms with Gasteiger partial charge in [0.2, 0.25) is 0 Å². The van der Waals surface area contributed by atoms with E-state index < -0.39 is 0 Å². The van der Waals surface area contributed by atoms with E-state index in [-0.39, 0.29) is 21.7 Å². The normalized spacial score (nSPS) is 17.2. The molecular weight excluding hydrogens is 687 g/mol. The van der Waals surface area contributed by atoms with Crippen LogP contribution < -0.4 is 4.90 Å². The van der Waals surface area contributed by atoms with Crippen molar-refractivity contribution in [1.82, 2.24) is 0 Å². The van der Waals surface area contributed by atoms with Crippen LogP contribution in [-0.2, 0) is 21.7 Å². The summed E-state index contributed by atoms with van der Waals surface area (Å²) >= 11 is 0. The molecule has 0 fully saturated rings. The summed E-state index contributed by atoms with van der Waals surface area (Å²) in [5.41, 5.74) is 22.4. The van der Waals surface area contributed by atoms with E-state index in [0.717, 1.165) is 5.69 Å². The van der Waals surface area contributed by atoms with Gasteiger partial charge in [0.25, 0.3) is 0 Å². The van der Waals surface area contributed by atoms with Crippen LogP contribution in [0.3, 0.4) is 0 Å². The molecule has 0 saturated carbocycles. The summed E-state index contributed by atoms with van der Waals surface area (Å²) in [7, 11) is 0. The molecule has 0 N–H and O–H groups in total. The van der Waals surface area contributed by atoms with Crippen molar-refractivity contribution in [2.24, 2.45) is 0 Å². The highest BCUT2D eigenvalue weighted by Gasteiger charge is 2.41. The lowest BCUT2D eigenvalue weighted by Gasteiger charge is -2.42. The standard InChI is InChI=1S/C56H53N/c1-53(2)31-32-54(3,4)49-33-38(27-30-46(49)53)42-34-43-40-19-12-14-21-44(40)56(7,8)48(43)35-51(42)57(39-28-25-37(26-29-39)36-17-10-9-11-18-36)50-24-16-23-47-52(50)41-20-13-15-22-45(41)55(47,5)6/h9-30,33-35H,31-32H2,1-8H3. The Bertz CT molecular complexity index is 2720. The van der Waals surface area contributed by atoms with E-state index in [1.54, 1.807) is 0 Å². The second-order valence-corrected chi connectivity index (χ2v) is 19.2. The number of benzene rings is 7. The summed E-state index contributed by atoms with van der Waals surface area (Å²) in [4.78, 5) is 2.59. The number of rotatable bonds is 5. The topological polar surface area (TPSA) is 3.24 Å². The first-order valence-corrected chi connectivity index (χ1v) is 20.9. The number of nitrogens with zero attached hydrogens (tertiary/aromatic N) is 1. The number of anilines is 3. The van der Waals surface area contributed by atoms with Crippen molar-refractivity contribution < 1.29 is 0 Å². The molecule has 7 aromatic rings. The van der Waals surface area contributed by atoms with Gasteiger partial charge in [-0.25, -0.2) is 0 Å². The van der Waals surface area contributed by atoms with Gasteiger partial charge in [-0.05, 0) is 121 Å². The number of hydrogen-bond acceptors (Lipinski definition) is 1. The predicted octanol–water partition coefficient (Wildman–Crippen LogP) is 15.5. The molecule has 7 aromatic carbocycles. The SMILES string of the molecule is CC1(C)CCC(C)(C)c2cc(-c3cc4c(cc3N(c3ccc(-c5ccccc5)cc3)c3cccc5c3-c3ccccc3C5(C)C)C(C)(C)c3ccccc3-4)ccc21. The van der Waals surface area contributed by atoms with Crippen LogP contribution in [0.5, 0.6) is 0 Å². The van der Waals surface area contributed by atoms with Gasteiger partial charge in [-0.1, -0.05) is 177 Å². The largest absolute Gasteiger partial charge is 0.309 e. The Morgan fingerprint density at radius 2 is 0.912 bits per heavy atom. The van der Waals surface area contributed by atoms with Crippen LogP contribution in [0, 0.1) is 0 Å². The Labute approximate surface area is 340 Å². The van der Waals surface area contributed by atoms with Crippen molar-refractivity contribution in [2.45, 2.75) is 89.9 Å². The zero-order chi connectivity index (χ0) is 39.5. The van der Waals surface area contributed by atoms with E-state index in [9.17, 15) is 0 Å². The average Bonchev–Trinajstić information content (AvgIpc) is 3.59. The molecule has 0 saturated heterocycles. The second kappa shape index (κ2) is 12.4. The van der Waals surface area contributed by atoms with Crippen LogP contribution in [0.2, 0.25) is 0 Å². The first kappa shape index (κ1) is 35.7. The van der Waals surface area contributed by atoms with Crippen molar-refractivity contribution in [3.05, 3.63) is 185 Å². The fraction of sp³-hybridized carbons (Fsp3) is 0.250. The summed E-state index contributed by atoms with van der Waals surface area (Å²) in [6, 6.07) is 57.7. The molecule has 57 heavy (non-hydrogen) atoms. The van der Waals surface area contributed by atoms with Crippen LogP contribution in [0.25, 0.3) is 44.5 Å². The van der Waals surface area contributed by atoms with Crippen molar-refractivity contribution in [2.75, 3.05) is 4.90 Å². The highest BCUT2D eigenvalue weighted by molar-refractivity contribution is 6.00. The van der Waals surface area contributed by atoms with Gasteiger partial charge in [0.1, 0.15) is 0 Å². The summed E-state index contributed by atoms with van der Waals surface area (Å²) < 4.78 is 0. The molecule has 0 atom stereocenters. The first-order chi connectivity index (χ1) is 27.3. The minimum atomic E-state index is -0.156. The van der Waals surface area contributed by atoms with Crippen LogP contribution >= 0.6 is 0 Å². The van der Waals surface area contributed by atoms with E-state index in [4.69, 9.17) is 0 Å². The van der Waals surface area contributed by atoms with E-state index in [0.29, 0.717) is 0 Å². The molecule has 0 heterocycles. The maximum atomic E-state index is 2.59. The minimum Gasteiger partial charge on any atom is -0.309 e. The fourth-order valence-corrected chi connectivity index (χ4v) is 10.7. The van der Waals surface area contributed by atoms with Crippen LogP contribution in [0.4, 0.5) is 17.1 Å². The van der Waals surface area contributed by atoms with Crippen LogP contribution in [0.15, 0.2) is 152 Å². The quantitative estimate of drug-likeness (QED) is 0.170. The van der Waals surface area contributed by atoms with Gasteiger partial charge in [-0.3, -0.25) is 0 Å². The zero-order valence-electron chi connectivity index (χ0n) is 34.8. The number of hydrogen-bond donors (Lipinski definition) is 0. The molecule has 1 heteroatoms. The maximum Gasteiger partial charge on any atom is 0.0543 e. The van der Waals surface area contributed by atoms with Crippen molar-refractivity contribution in [3.8, 4) is 44.5 Å². The van der Waals surface area contributed by atoms with Gasteiger partial charge in [-0.15, -0.1) is 0 Å². The summed E-state index contributed by atoms with van der Waals surface area (Å²) in [5.74, 6) is 0. The average molecular weight is 740 g/mol. The molecule has 1 nitrogen and oxygen atoms in total. The molecule has 0 amide bonds. The van der Waals surface area contributed by atoms with E-state index >= 15 is 0 Å². The Morgan fingerprint density at radius 1 is 0.351 bits per heavy atom. The first-order valence-electron chi connectivity index (χ1n) is 20.9. The molecule has 10 rings (SSSR count). The summed E-state index contributed by atoms with van der Waals surface area (Å²) in [6.45, 7) is 19.3. The summed E-state index contributed by atoms with van der Waals surface area (Å²) in [6.07, 6.45) is 2.38. The summed E-state index contributed by atoms with van der Waals surface area (Å²) in [5, 5.41) is 0. The fourth-order valence-electron chi connectivity index (χ4n) is 10.7. The van der Waals surface area contributed by atoms with Crippen molar-refractivity contribution in [3.63, 3.8) is 0 Å². The van der Waals surface area contributed by atoms with Crippen LogP contribution in [-0.4, -0.2) is 0 Å². The monoisotopic (exact) mass is 739 g/mol. The molecule has 0 aromatic heterocycles. The lowest BCUT2D eigenvalue weighted by Crippen LogP contribution is -2.33. The Balaban J connectivity index is 1.29. The third-order valence-corrected chi connectivity index (χ3v) is 14.2. The molecule has 0 spiro atoms. The third-order valence-electron chi connectivity index (χ3n) is 14.2. The van der Waals surface area contributed by atoms with Crippen molar-refractivity contribution >= 4 is 17.1 Å². The van der Waals surface area contributed by atoms with E-state index in [2.05, 4.69) is 212 Å². The Hall–Kier alpha value is -5.66. The van der Waals surface area contributed by atoms with Gasteiger partial charge in [0.05, 0.1) is 11.4 Å². The van der Waals surface area contributed by atoms with Gasteiger partial charge < -0.3 is 4.90 Å². The van der Waals surface area contributed by atoms with E-state index in [1.165, 1.54) is 102 Å².